The van der Waals surface area contributed by atoms with Crippen molar-refractivity contribution in [3.8, 4) is 0 Å². The van der Waals surface area contributed by atoms with E-state index in [0.29, 0.717) is 0 Å². The van der Waals surface area contributed by atoms with E-state index >= 15 is 0 Å². The fraction of sp³-hybridized carbons (Fsp3) is 0.429. The Morgan fingerprint density at radius 3 is 1.92 bits per heavy atom. The largest absolute Gasteiger partial charge is 0.352 e. The summed E-state index contributed by atoms with van der Waals surface area (Å²) in [5, 5.41) is 0. The van der Waals surface area contributed by atoms with Gasteiger partial charge in [-0.2, -0.15) is 12.6 Å². The number of allylic oxidation sites excluding steroid dienone is 8. The first-order valence-electron chi connectivity index (χ1n) is 8.12. The van der Waals surface area contributed by atoms with Crippen LogP contribution < -0.4 is 0 Å². The molecule has 0 N–H and O–H groups in total. The van der Waals surface area contributed by atoms with E-state index < -0.39 is 0 Å². The van der Waals surface area contributed by atoms with Gasteiger partial charge in [-0.25, -0.2) is 0 Å². The molecule has 0 aromatic carbocycles. The molecule has 3 heteroatoms. The molecule has 24 heavy (non-hydrogen) atoms. The zero-order valence-corrected chi connectivity index (χ0v) is 16.4. The standard InChI is InChI=1S/C17H24N2.C2H6.CH4S.CH4/c1-5-9-11-16(7-3)18-13-14-19(15-18)17(8-4)12-10-6-2;2*1-2;/h5-12H,1,4,13-15H2,2-3H3;1-2H3;2H,1H3;1H4/b10-6-,11-9-,16-7+,17-12+;;;. The molecule has 1 rings (SSSR count). The predicted molar refractivity (Wildman–Crippen MR) is 117 cm³/mol. The molecular formula is C21H38N2S. The molecule has 1 saturated heterocycles. The van der Waals surface area contributed by atoms with Crippen molar-refractivity contribution >= 4 is 12.6 Å². The second-order valence-corrected chi connectivity index (χ2v) is 4.30. The predicted octanol–water partition coefficient (Wildman–Crippen LogP) is 6.06. The molecule has 0 aromatic heterocycles. The lowest BCUT2D eigenvalue weighted by molar-refractivity contribution is 0.342. The van der Waals surface area contributed by atoms with Gasteiger partial charge >= 0.3 is 0 Å². The minimum absolute atomic E-state index is 0. The molecule has 0 spiro atoms. The van der Waals surface area contributed by atoms with Crippen LogP contribution in [0.2, 0.25) is 0 Å². The van der Waals surface area contributed by atoms with Gasteiger partial charge in [-0.3, -0.25) is 0 Å². The minimum Gasteiger partial charge on any atom is -0.352 e. The maximum atomic E-state index is 3.89. The molecule has 0 unspecified atom stereocenters. The summed E-state index contributed by atoms with van der Waals surface area (Å²) in [5.41, 5.74) is 2.40. The van der Waals surface area contributed by atoms with Crippen LogP contribution >= 0.6 is 12.6 Å². The van der Waals surface area contributed by atoms with Crippen molar-refractivity contribution in [3.63, 3.8) is 0 Å². The van der Waals surface area contributed by atoms with E-state index in [9.17, 15) is 0 Å². The fourth-order valence-electron chi connectivity index (χ4n) is 2.06. The molecule has 0 radical (unpaired) electrons. The van der Waals surface area contributed by atoms with Gasteiger partial charge in [-0.1, -0.05) is 64.8 Å². The SMILES string of the molecule is C.C=C/C=C\C(=C/C)N1CCN(/C(C=C)=C/C=C\C)C1.CC.CS. The summed E-state index contributed by atoms with van der Waals surface area (Å²) >= 11 is 3.53. The lowest BCUT2D eigenvalue weighted by Gasteiger charge is -2.22. The Morgan fingerprint density at radius 1 is 0.958 bits per heavy atom. The summed E-state index contributed by atoms with van der Waals surface area (Å²) in [6, 6.07) is 0. The van der Waals surface area contributed by atoms with Crippen molar-refractivity contribution in [1.82, 2.24) is 9.80 Å². The Bertz CT molecular complexity index is 431. The van der Waals surface area contributed by atoms with Gasteiger partial charge < -0.3 is 9.80 Å². The smallest absolute Gasteiger partial charge is 0.0904 e. The molecule has 0 atom stereocenters. The van der Waals surface area contributed by atoms with Gasteiger partial charge in [0.15, 0.2) is 0 Å². The zero-order valence-electron chi connectivity index (χ0n) is 15.5. The first-order valence-corrected chi connectivity index (χ1v) is 9.01. The van der Waals surface area contributed by atoms with Gasteiger partial charge in [0.25, 0.3) is 0 Å². The van der Waals surface area contributed by atoms with E-state index in [-0.39, 0.29) is 7.43 Å². The highest BCUT2D eigenvalue weighted by molar-refractivity contribution is 7.79. The Kier molecular flexibility index (Phi) is 22.1. The van der Waals surface area contributed by atoms with E-state index in [1.165, 1.54) is 11.4 Å². The molecule has 2 nitrogen and oxygen atoms in total. The Morgan fingerprint density at radius 2 is 1.50 bits per heavy atom. The normalized spacial score (nSPS) is 14.6. The molecule has 138 valence electrons. The maximum absolute atomic E-state index is 3.89. The number of hydrogen-bond donors (Lipinski definition) is 1. The van der Waals surface area contributed by atoms with E-state index in [0.717, 1.165) is 19.8 Å². The van der Waals surface area contributed by atoms with E-state index in [2.05, 4.69) is 60.7 Å². The molecule has 0 saturated carbocycles. The Hall–Kier alpha value is -1.61. The van der Waals surface area contributed by atoms with Gasteiger partial charge in [-0.05, 0) is 38.3 Å². The molecule has 1 aliphatic rings. The Balaban J connectivity index is -0.000000817. The quantitative estimate of drug-likeness (QED) is 0.459. The monoisotopic (exact) mass is 350 g/mol. The van der Waals surface area contributed by atoms with Crippen LogP contribution in [0.4, 0.5) is 0 Å². The summed E-state index contributed by atoms with van der Waals surface area (Å²) < 4.78 is 0. The van der Waals surface area contributed by atoms with Crippen LogP contribution in [0, 0.1) is 0 Å². The van der Waals surface area contributed by atoms with E-state index in [4.69, 9.17) is 0 Å². The van der Waals surface area contributed by atoms with Crippen LogP contribution in [0.1, 0.15) is 35.1 Å². The molecule has 0 aromatic rings. The van der Waals surface area contributed by atoms with Crippen molar-refractivity contribution in [2.45, 2.75) is 35.1 Å². The van der Waals surface area contributed by atoms with Crippen molar-refractivity contribution in [2.75, 3.05) is 26.0 Å². The summed E-state index contributed by atoms with van der Waals surface area (Å²) in [7, 11) is 0. The van der Waals surface area contributed by atoms with Crippen LogP contribution in [-0.2, 0) is 0 Å². The van der Waals surface area contributed by atoms with Crippen molar-refractivity contribution in [1.29, 1.82) is 0 Å². The third-order valence-corrected chi connectivity index (χ3v) is 3.08. The highest BCUT2D eigenvalue weighted by Gasteiger charge is 2.20. The number of rotatable bonds is 6. The van der Waals surface area contributed by atoms with Crippen molar-refractivity contribution in [3.05, 3.63) is 73.2 Å². The van der Waals surface area contributed by atoms with Crippen molar-refractivity contribution < 1.29 is 0 Å². The lowest BCUT2D eigenvalue weighted by Crippen LogP contribution is -2.23. The van der Waals surface area contributed by atoms with E-state index in [1.54, 1.807) is 12.3 Å². The van der Waals surface area contributed by atoms with Crippen molar-refractivity contribution in [2.24, 2.45) is 0 Å². The second kappa shape index (κ2) is 19.4. The average Bonchev–Trinajstić information content (AvgIpc) is 3.10. The van der Waals surface area contributed by atoms with Crippen LogP contribution in [0.25, 0.3) is 0 Å². The highest BCUT2D eigenvalue weighted by Crippen LogP contribution is 2.18. The van der Waals surface area contributed by atoms with Gasteiger partial charge in [0, 0.05) is 24.5 Å². The molecule has 1 heterocycles. The molecule has 1 aliphatic heterocycles. The van der Waals surface area contributed by atoms with Gasteiger partial charge in [-0.15, -0.1) is 0 Å². The highest BCUT2D eigenvalue weighted by atomic mass is 32.1. The third kappa shape index (κ3) is 10.2. The first-order chi connectivity index (χ1) is 11.3. The van der Waals surface area contributed by atoms with Crippen LogP contribution in [0.15, 0.2) is 73.2 Å². The average molecular weight is 351 g/mol. The van der Waals surface area contributed by atoms with Crippen LogP contribution in [0.5, 0.6) is 0 Å². The summed E-state index contributed by atoms with van der Waals surface area (Å²) in [5.74, 6) is 0. The maximum Gasteiger partial charge on any atom is 0.0904 e. The third-order valence-electron chi connectivity index (χ3n) is 3.08. The minimum atomic E-state index is 0. The lowest BCUT2D eigenvalue weighted by atomic mass is 10.3. The summed E-state index contributed by atoms with van der Waals surface area (Å²) in [4.78, 5) is 4.69. The number of nitrogens with zero attached hydrogens (tertiary/aromatic N) is 2. The van der Waals surface area contributed by atoms with E-state index in [1.807, 2.05) is 45.1 Å². The zero-order chi connectivity index (χ0) is 18.1. The second-order valence-electron chi connectivity index (χ2n) is 4.30. The summed E-state index contributed by atoms with van der Waals surface area (Å²) in [6.07, 6.45) is 17.8. The van der Waals surface area contributed by atoms with Gasteiger partial charge in [0.2, 0.25) is 0 Å². The van der Waals surface area contributed by atoms with Crippen LogP contribution in [-0.4, -0.2) is 35.8 Å². The first kappa shape index (κ1) is 27.2. The molecule has 0 bridgehead atoms. The number of thiol groups is 1. The molecule has 0 amide bonds. The summed E-state index contributed by atoms with van der Waals surface area (Å²) in [6.45, 7) is 18.6. The molecule has 1 fully saturated rings. The topological polar surface area (TPSA) is 6.48 Å². The van der Waals surface area contributed by atoms with Gasteiger partial charge in [0.1, 0.15) is 0 Å². The number of hydrogen-bond acceptors (Lipinski definition) is 3. The molecular weight excluding hydrogens is 312 g/mol. The Labute approximate surface area is 157 Å². The van der Waals surface area contributed by atoms with Crippen LogP contribution in [0.3, 0.4) is 0 Å². The van der Waals surface area contributed by atoms with Gasteiger partial charge in [0.05, 0.1) is 6.67 Å². The molecule has 0 aliphatic carbocycles. The fourth-order valence-corrected chi connectivity index (χ4v) is 2.06.